The molecular formula is C19H19FN2O3S. The van der Waals surface area contributed by atoms with E-state index in [1.807, 2.05) is 18.2 Å². The van der Waals surface area contributed by atoms with Crippen LogP contribution in [0.1, 0.15) is 16.8 Å². The second kappa shape index (κ2) is 6.10. The number of H-pyrrole nitrogens is 1. The van der Waals surface area contributed by atoms with Crippen molar-refractivity contribution in [1.29, 1.82) is 0 Å². The van der Waals surface area contributed by atoms with Gasteiger partial charge in [0.25, 0.3) is 0 Å². The highest BCUT2D eigenvalue weighted by atomic mass is 32.2. The predicted octanol–water partition coefficient (Wildman–Crippen LogP) is 3.37. The van der Waals surface area contributed by atoms with Gasteiger partial charge in [0.05, 0.1) is 18.6 Å². The second-order valence-electron chi connectivity index (χ2n) is 6.49. The minimum atomic E-state index is -3.68. The van der Waals surface area contributed by atoms with E-state index in [-0.39, 0.29) is 11.4 Å². The molecule has 2 aromatic carbocycles. The number of nitrogens with one attached hydrogen (secondary N) is 1. The topological polar surface area (TPSA) is 62.4 Å². The molecule has 7 heteroatoms. The van der Waals surface area contributed by atoms with Crippen LogP contribution in [0.3, 0.4) is 0 Å². The lowest BCUT2D eigenvalue weighted by atomic mass is 10.0. The molecular weight excluding hydrogens is 355 g/mol. The van der Waals surface area contributed by atoms with Gasteiger partial charge in [-0.1, -0.05) is 0 Å². The summed E-state index contributed by atoms with van der Waals surface area (Å²) in [5.74, 6) is 0.336. The number of aromatic nitrogens is 1. The molecule has 0 radical (unpaired) electrons. The number of rotatable bonds is 3. The number of hydrogen-bond donors (Lipinski definition) is 1. The van der Waals surface area contributed by atoms with Crippen molar-refractivity contribution in [2.75, 3.05) is 13.7 Å². The van der Waals surface area contributed by atoms with Crippen molar-refractivity contribution in [2.24, 2.45) is 0 Å². The summed E-state index contributed by atoms with van der Waals surface area (Å²) < 4.78 is 46.1. The van der Waals surface area contributed by atoms with Crippen LogP contribution in [-0.2, 0) is 23.0 Å². The van der Waals surface area contributed by atoms with Gasteiger partial charge < -0.3 is 9.72 Å². The largest absolute Gasteiger partial charge is 0.497 e. The standard InChI is InChI=1S/C19H19FN2O3S/c1-12-9-13(20)3-6-19(12)26(23,24)22-8-7-15-16-10-14(25-2)4-5-17(16)21-18(15)11-22/h3-6,9-10,21H,7-8,11H2,1-2H3. The molecule has 0 bridgehead atoms. The van der Waals surface area contributed by atoms with E-state index in [0.717, 1.165) is 27.9 Å². The Morgan fingerprint density at radius 1 is 1.19 bits per heavy atom. The molecule has 1 aliphatic rings. The number of aromatic amines is 1. The zero-order chi connectivity index (χ0) is 18.5. The molecule has 0 spiro atoms. The molecule has 0 saturated carbocycles. The summed E-state index contributed by atoms with van der Waals surface area (Å²) in [5.41, 5.74) is 3.40. The Morgan fingerprint density at radius 2 is 2.00 bits per heavy atom. The smallest absolute Gasteiger partial charge is 0.243 e. The Kier molecular flexibility index (Phi) is 4.00. The number of halogens is 1. The molecule has 2 heterocycles. The number of benzene rings is 2. The molecule has 0 aliphatic carbocycles. The first-order valence-corrected chi connectivity index (χ1v) is 9.78. The van der Waals surface area contributed by atoms with Gasteiger partial charge in [0.15, 0.2) is 0 Å². The van der Waals surface area contributed by atoms with Crippen molar-refractivity contribution in [3.05, 3.63) is 59.0 Å². The van der Waals surface area contributed by atoms with Gasteiger partial charge in [-0.3, -0.25) is 0 Å². The quantitative estimate of drug-likeness (QED) is 0.765. The molecule has 0 unspecified atom stereocenters. The Balaban J connectivity index is 1.72. The number of ether oxygens (including phenoxy) is 1. The van der Waals surface area contributed by atoms with E-state index in [2.05, 4.69) is 4.98 Å². The maximum absolute atomic E-state index is 13.3. The van der Waals surface area contributed by atoms with E-state index in [1.54, 1.807) is 14.0 Å². The van der Waals surface area contributed by atoms with Gasteiger partial charge in [0, 0.05) is 23.1 Å². The van der Waals surface area contributed by atoms with E-state index < -0.39 is 15.8 Å². The van der Waals surface area contributed by atoms with E-state index in [9.17, 15) is 12.8 Å². The summed E-state index contributed by atoms with van der Waals surface area (Å²) >= 11 is 0. The first-order chi connectivity index (χ1) is 12.4. The summed E-state index contributed by atoms with van der Waals surface area (Å²) in [4.78, 5) is 3.48. The number of aryl methyl sites for hydroxylation is 1. The lowest BCUT2D eigenvalue weighted by molar-refractivity contribution is 0.388. The summed E-state index contributed by atoms with van der Waals surface area (Å²) in [6, 6.07) is 9.56. The SMILES string of the molecule is COc1ccc2[nH]c3c(c2c1)CCN(S(=O)(=O)c1ccc(F)cc1C)C3. The average Bonchev–Trinajstić information content (AvgIpc) is 2.98. The first-order valence-electron chi connectivity index (χ1n) is 8.34. The number of methoxy groups -OCH3 is 1. The van der Waals surface area contributed by atoms with Crippen LogP contribution >= 0.6 is 0 Å². The van der Waals surface area contributed by atoms with Crippen molar-refractivity contribution >= 4 is 20.9 Å². The van der Waals surface area contributed by atoms with Crippen LogP contribution < -0.4 is 4.74 Å². The summed E-state index contributed by atoms with van der Waals surface area (Å²) in [6.45, 7) is 2.27. The van der Waals surface area contributed by atoms with Crippen molar-refractivity contribution in [3.63, 3.8) is 0 Å². The van der Waals surface area contributed by atoms with Gasteiger partial charge in [-0.05, 0) is 60.9 Å². The van der Waals surface area contributed by atoms with Crippen LogP contribution in [-0.4, -0.2) is 31.4 Å². The lowest BCUT2D eigenvalue weighted by Crippen LogP contribution is -2.36. The Morgan fingerprint density at radius 3 is 2.73 bits per heavy atom. The normalized spacial score (nSPS) is 15.2. The van der Waals surface area contributed by atoms with Gasteiger partial charge in [0.2, 0.25) is 10.0 Å². The van der Waals surface area contributed by atoms with Gasteiger partial charge >= 0.3 is 0 Å². The fraction of sp³-hybridized carbons (Fsp3) is 0.263. The van der Waals surface area contributed by atoms with E-state index in [4.69, 9.17) is 4.74 Å². The molecule has 0 atom stereocenters. The molecule has 5 nitrogen and oxygen atoms in total. The predicted molar refractivity (Wildman–Crippen MR) is 97.3 cm³/mol. The summed E-state index contributed by atoms with van der Waals surface area (Å²) in [5, 5.41) is 1.06. The van der Waals surface area contributed by atoms with Crippen LogP contribution in [0.2, 0.25) is 0 Å². The summed E-state index contributed by atoms with van der Waals surface area (Å²) in [6.07, 6.45) is 0.613. The molecule has 1 N–H and O–H groups in total. The van der Waals surface area contributed by atoms with Gasteiger partial charge in [0.1, 0.15) is 11.6 Å². The highest BCUT2D eigenvalue weighted by molar-refractivity contribution is 7.89. The molecule has 0 saturated heterocycles. The van der Waals surface area contributed by atoms with E-state index in [0.29, 0.717) is 18.5 Å². The van der Waals surface area contributed by atoms with Crippen LogP contribution in [0.15, 0.2) is 41.3 Å². The minimum Gasteiger partial charge on any atom is -0.497 e. The monoisotopic (exact) mass is 374 g/mol. The van der Waals surface area contributed by atoms with Gasteiger partial charge in [-0.25, -0.2) is 12.8 Å². The number of nitrogens with zero attached hydrogens (tertiary/aromatic N) is 1. The van der Waals surface area contributed by atoms with Crippen molar-refractivity contribution in [1.82, 2.24) is 9.29 Å². The molecule has 26 heavy (non-hydrogen) atoms. The van der Waals surface area contributed by atoms with E-state index >= 15 is 0 Å². The fourth-order valence-corrected chi connectivity index (χ4v) is 5.18. The van der Waals surface area contributed by atoms with Crippen LogP contribution in [0.25, 0.3) is 10.9 Å². The lowest BCUT2D eigenvalue weighted by Gasteiger charge is -2.27. The van der Waals surface area contributed by atoms with Crippen molar-refractivity contribution < 1.29 is 17.5 Å². The third kappa shape index (κ3) is 2.68. The molecule has 0 amide bonds. The van der Waals surface area contributed by atoms with E-state index in [1.165, 1.54) is 22.5 Å². The number of hydrogen-bond acceptors (Lipinski definition) is 3. The van der Waals surface area contributed by atoms with Crippen LogP contribution in [0, 0.1) is 12.7 Å². The molecule has 4 rings (SSSR count). The molecule has 136 valence electrons. The molecule has 3 aromatic rings. The Bertz CT molecular complexity index is 1110. The van der Waals surface area contributed by atoms with Crippen molar-refractivity contribution in [3.8, 4) is 5.75 Å². The van der Waals surface area contributed by atoms with Gasteiger partial charge in [-0.2, -0.15) is 4.31 Å². The van der Waals surface area contributed by atoms with Crippen molar-refractivity contribution in [2.45, 2.75) is 24.8 Å². The third-order valence-corrected chi connectivity index (χ3v) is 6.91. The average molecular weight is 374 g/mol. The maximum atomic E-state index is 13.3. The first kappa shape index (κ1) is 17.1. The Hall–Kier alpha value is -2.38. The number of fused-ring (bicyclic) bond motifs is 3. The molecule has 0 fully saturated rings. The zero-order valence-corrected chi connectivity index (χ0v) is 15.4. The second-order valence-corrected chi connectivity index (χ2v) is 8.40. The fourth-order valence-electron chi connectivity index (χ4n) is 3.57. The number of sulfonamides is 1. The molecule has 1 aliphatic heterocycles. The zero-order valence-electron chi connectivity index (χ0n) is 14.5. The minimum absolute atomic E-state index is 0.153. The Labute approximate surface area is 151 Å². The third-order valence-electron chi connectivity index (χ3n) is 4.90. The highest BCUT2D eigenvalue weighted by Crippen LogP contribution is 2.32. The highest BCUT2D eigenvalue weighted by Gasteiger charge is 2.31. The molecule has 1 aromatic heterocycles. The maximum Gasteiger partial charge on any atom is 0.243 e. The van der Waals surface area contributed by atoms with Gasteiger partial charge in [-0.15, -0.1) is 0 Å². The van der Waals surface area contributed by atoms with Crippen LogP contribution in [0.5, 0.6) is 5.75 Å². The summed E-state index contributed by atoms with van der Waals surface area (Å²) in [7, 11) is -2.06. The van der Waals surface area contributed by atoms with Crippen LogP contribution in [0.4, 0.5) is 4.39 Å².